The van der Waals surface area contributed by atoms with Crippen LogP contribution in [0.1, 0.15) is 45.4 Å². The Hall–Kier alpha value is 0.140. The van der Waals surface area contributed by atoms with Crippen molar-refractivity contribution in [2.75, 3.05) is 0 Å². The first-order chi connectivity index (χ1) is 5.75. The average Bonchev–Trinajstić information content (AvgIpc) is 2.47. The lowest BCUT2D eigenvalue weighted by atomic mass is 10.1. The van der Waals surface area contributed by atoms with E-state index in [1.807, 2.05) is 0 Å². The molecule has 0 amide bonds. The first-order valence-electron chi connectivity index (χ1n) is 4.66. The minimum absolute atomic E-state index is 0.399. The smallest absolute Gasteiger partial charge is 0.159 e. The Kier molecular flexibility index (Phi) is 4.26. The van der Waals surface area contributed by atoms with Crippen molar-refractivity contribution in [2.45, 2.75) is 45.4 Å². The molecule has 12 heavy (non-hydrogen) atoms. The molecule has 68 valence electrons. The molecule has 0 atom stereocenters. The maximum absolute atomic E-state index is 11.3. The zero-order valence-corrected chi connectivity index (χ0v) is 9.69. The molecule has 0 aromatic rings. The minimum Gasteiger partial charge on any atom is -0.295 e. The van der Waals surface area contributed by atoms with Crippen LogP contribution in [0.5, 0.6) is 0 Å². The van der Waals surface area contributed by atoms with Gasteiger partial charge in [-0.15, -0.1) is 0 Å². The number of unbranched alkanes of at least 4 members (excludes halogenated alkanes) is 1. The second-order valence-electron chi connectivity index (χ2n) is 3.26. The molecule has 0 heterocycles. The molecule has 1 nitrogen and oxygen atoms in total. The second kappa shape index (κ2) is 5.00. The predicted molar refractivity (Wildman–Crippen MR) is 59.4 cm³/mol. The summed E-state index contributed by atoms with van der Waals surface area (Å²) in [7, 11) is 0. The summed E-state index contributed by atoms with van der Waals surface area (Å²) < 4.78 is 1.32. The molecule has 0 aromatic carbocycles. The highest BCUT2D eigenvalue weighted by Crippen LogP contribution is 2.29. The number of hydrogen-bond acceptors (Lipinski definition) is 1. The number of halogens is 1. The average molecular weight is 278 g/mol. The molecule has 0 saturated heterocycles. The van der Waals surface area contributed by atoms with Gasteiger partial charge in [-0.05, 0) is 51.9 Å². The van der Waals surface area contributed by atoms with Gasteiger partial charge < -0.3 is 0 Å². The summed E-state index contributed by atoms with van der Waals surface area (Å²) in [6, 6.07) is 0. The lowest BCUT2D eigenvalue weighted by molar-refractivity contribution is -0.114. The summed E-state index contributed by atoms with van der Waals surface area (Å²) in [5.74, 6) is 0.399. The van der Waals surface area contributed by atoms with Crippen LogP contribution in [-0.2, 0) is 4.79 Å². The number of allylic oxidation sites excluding steroid dienone is 2. The first kappa shape index (κ1) is 10.2. The minimum atomic E-state index is 0.399. The van der Waals surface area contributed by atoms with Gasteiger partial charge in [0, 0.05) is 12.0 Å². The molecule has 1 rings (SSSR count). The third kappa shape index (κ3) is 2.57. The molecular formula is C10H15IO. The van der Waals surface area contributed by atoms with Crippen LogP contribution in [0.4, 0.5) is 0 Å². The number of carbonyl (C=O) groups excluding carboxylic acids is 1. The molecule has 1 saturated carbocycles. The number of Topliss-reactive ketones (excluding diaryl/α,β-unsaturated/α-hetero) is 1. The van der Waals surface area contributed by atoms with Crippen LogP contribution >= 0.6 is 22.6 Å². The zero-order chi connectivity index (χ0) is 8.97. The van der Waals surface area contributed by atoms with E-state index in [2.05, 4.69) is 29.5 Å². The van der Waals surface area contributed by atoms with Gasteiger partial charge in [0.05, 0.1) is 0 Å². The van der Waals surface area contributed by atoms with Crippen LogP contribution in [0.2, 0.25) is 0 Å². The highest BCUT2D eigenvalue weighted by molar-refractivity contribution is 14.1. The fraction of sp³-hybridized carbons (Fsp3) is 0.700. The highest BCUT2D eigenvalue weighted by atomic mass is 127. The topological polar surface area (TPSA) is 17.1 Å². The Morgan fingerprint density at radius 1 is 1.50 bits per heavy atom. The number of carbonyl (C=O) groups is 1. The summed E-state index contributed by atoms with van der Waals surface area (Å²) in [5.41, 5.74) is 1.13. The molecule has 0 spiro atoms. The number of rotatable bonds is 3. The molecular weight excluding hydrogens is 263 g/mol. The molecule has 2 heteroatoms. The fourth-order valence-corrected chi connectivity index (χ4v) is 2.44. The van der Waals surface area contributed by atoms with E-state index in [4.69, 9.17) is 0 Å². The van der Waals surface area contributed by atoms with E-state index in [-0.39, 0.29) is 0 Å². The summed E-state index contributed by atoms with van der Waals surface area (Å²) in [5, 5.41) is 0. The number of hydrogen-bond donors (Lipinski definition) is 0. The van der Waals surface area contributed by atoms with Crippen molar-refractivity contribution in [3.05, 3.63) is 9.15 Å². The van der Waals surface area contributed by atoms with Gasteiger partial charge in [-0.2, -0.15) is 0 Å². The van der Waals surface area contributed by atoms with Crippen molar-refractivity contribution in [2.24, 2.45) is 0 Å². The zero-order valence-electron chi connectivity index (χ0n) is 7.53. The van der Waals surface area contributed by atoms with E-state index in [1.54, 1.807) is 0 Å². The Labute approximate surface area is 87.8 Å². The summed E-state index contributed by atoms with van der Waals surface area (Å²) in [6.07, 6.45) is 6.43. The molecule has 0 radical (unpaired) electrons. The van der Waals surface area contributed by atoms with Gasteiger partial charge >= 0.3 is 0 Å². The van der Waals surface area contributed by atoms with Crippen LogP contribution < -0.4 is 0 Å². The maximum atomic E-state index is 11.3. The predicted octanol–water partition coefficient (Wildman–Crippen LogP) is 3.62. The van der Waals surface area contributed by atoms with E-state index in [9.17, 15) is 4.79 Å². The van der Waals surface area contributed by atoms with Gasteiger partial charge in [-0.25, -0.2) is 0 Å². The van der Waals surface area contributed by atoms with Crippen LogP contribution in [0.15, 0.2) is 9.15 Å². The van der Waals surface area contributed by atoms with Crippen molar-refractivity contribution < 1.29 is 4.79 Å². The van der Waals surface area contributed by atoms with E-state index in [1.165, 1.54) is 16.4 Å². The SMILES string of the molecule is CCCC/C(I)=C1/CCCC1=O. The van der Waals surface area contributed by atoms with Gasteiger partial charge in [0.2, 0.25) is 0 Å². The van der Waals surface area contributed by atoms with Crippen molar-refractivity contribution in [3.63, 3.8) is 0 Å². The second-order valence-corrected chi connectivity index (χ2v) is 4.57. The number of ketones is 1. The highest BCUT2D eigenvalue weighted by Gasteiger charge is 2.19. The Morgan fingerprint density at radius 2 is 2.25 bits per heavy atom. The summed E-state index contributed by atoms with van der Waals surface area (Å²) in [6.45, 7) is 2.19. The van der Waals surface area contributed by atoms with Crippen molar-refractivity contribution in [3.8, 4) is 0 Å². The van der Waals surface area contributed by atoms with Crippen LogP contribution in [-0.4, -0.2) is 5.78 Å². The molecule has 0 aliphatic heterocycles. The Bertz CT molecular complexity index is 206. The monoisotopic (exact) mass is 278 g/mol. The van der Waals surface area contributed by atoms with E-state index in [0.29, 0.717) is 5.78 Å². The van der Waals surface area contributed by atoms with Crippen molar-refractivity contribution >= 4 is 28.4 Å². The van der Waals surface area contributed by atoms with Crippen LogP contribution in [0.25, 0.3) is 0 Å². The van der Waals surface area contributed by atoms with E-state index >= 15 is 0 Å². The first-order valence-corrected chi connectivity index (χ1v) is 5.74. The third-order valence-corrected chi connectivity index (χ3v) is 3.43. The molecule has 1 aliphatic carbocycles. The van der Waals surface area contributed by atoms with Crippen molar-refractivity contribution in [1.82, 2.24) is 0 Å². The Balaban J connectivity index is 2.55. The summed E-state index contributed by atoms with van der Waals surface area (Å²) in [4.78, 5) is 11.3. The van der Waals surface area contributed by atoms with E-state index < -0.39 is 0 Å². The normalized spacial score (nSPS) is 21.7. The van der Waals surface area contributed by atoms with Crippen LogP contribution in [0.3, 0.4) is 0 Å². The lowest BCUT2D eigenvalue weighted by Crippen LogP contribution is -1.93. The lowest BCUT2D eigenvalue weighted by Gasteiger charge is -2.01. The largest absolute Gasteiger partial charge is 0.295 e. The fourth-order valence-electron chi connectivity index (χ4n) is 1.49. The molecule has 1 fully saturated rings. The quantitative estimate of drug-likeness (QED) is 0.569. The van der Waals surface area contributed by atoms with Gasteiger partial charge in [-0.3, -0.25) is 4.79 Å². The maximum Gasteiger partial charge on any atom is 0.159 e. The third-order valence-electron chi connectivity index (χ3n) is 2.24. The Morgan fingerprint density at radius 3 is 2.75 bits per heavy atom. The van der Waals surface area contributed by atoms with Gasteiger partial charge in [0.25, 0.3) is 0 Å². The van der Waals surface area contributed by atoms with Crippen LogP contribution in [0, 0.1) is 0 Å². The molecule has 1 aliphatic rings. The van der Waals surface area contributed by atoms with Crippen molar-refractivity contribution in [1.29, 1.82) is 0 Å². The standard InChI is InChI=1S/C10H15IO/c1-2-3-6-9(11)8-5-4-7-10(8)12/h2-7H2,1H3/b9-8+. The van der Waals surface area contributed by atoms with Gasteiger partial charge in [-0.1, -0.05) is 13.3 Å². The van der Waals surface area contributed by atoms with Gasteiger partial charge in [0.15, 0.2) is 5.78 Å². The molecule has 0 bridgehead atoms. The molecule has 0 unspecified atom stereocenters. The molecule has 0 aromatic heterocycles. The summed E-state index contributed by atoms with van der Waals surface area (Å²) >= 11 is 2.34. The van der Waals surface area contributed by atoms with E-state index in [0.717, 1.165) is 31.3 Å². The van der Waals surface area contributed by atoms with Gasteiger partial charge in [0.1, 0.15) is 0 Å². The molecule has 0 N–H and O–H groups in total.